The number of hydrogen-bond donors (Lipinski definition) is 1. The fraction of sp³-hybridized carbons (Fsp3) is 0.381. The number of nitrogens with zero attached hydrogens (tertiary/aromatic N) is 2. The van der Waals surface area contributed by atoms with Crippen LogP contribution in [0.5, 0.6) is 0 Å². The molecular formula is C21H22BrN3O2S. The predicted molar refractivity (Wildman–Crippen MR) is 116 cm³/mol. The maximum Gasteiger partial charge on any atom is 0.262 e. The minimum Gasteiger partial charge on any atom is -0.349 e. The zero-order valence-electron chi connectivity index (χ0n) is 15.7. The van der Waals surface area contributed by atoms with Gasteiger partial charge in [0.05, 0.1) is 17.8 Å². The smallest absolute Gasteiger partial charge is 0.262 e. The van der Waals surface area contributed by atoms with Crippen LogP contribution in [0, 0.1) is 0 Å². The number of aromatic nitrogens is 2. The first-order valence-electron chi connectivity index (χ1n) is 9.58. The minimum absolute atomic E-state index is 0.0175. The van der Waals surface area contributed by atoms with Gasteiger partial charge in [0, 0.05) is 22.3 Å². The summed E-state index contributed by atoms with van der Waals surface area (Å²) in [5.41, 5.74) is 2.20. The van der Waals surface area contributed by atoms with Crippen LogP contribution in [-0.2, 0) is 24.2 Å². The van der Waals surface area contributed by atoms with Gasteiger partial charge in [-0.2, -0.15) is 0 Å². The standard InChI is InChI=1S/C21H22BrN3O2S/c1-13(14-6-2-4-8-16(14)22)24-18(26)10-11-25-12-23-20-19(21(25)27)15-7-3-5-9-17(15)28-20/h2,4,6,8,12-13H,3,5,7,9-11H2,1H3,(H,24,26)/t13-/m1/s1. The third kappa shape index (κ3) is 3.78. The summed E-state index contributed by atoms with van der Waals surface area (Å²) in [6.45, 7) is 2.29. The van der Waals surface area contributed by atoms with Crippen LogP contribution in [0.2, 0.25) is 0 Å². The molecule has 0 saturated carbocycles. The summed E-state index contributed by atoms with van der Waals surface area (Å²) in [5.74, 6) is -0.0809. The van der Waals surface area contributed by atoms with Crippen LogP contribution >= 0.6 is 27.3 Å². The number of aryl methyl sites for hydroxylation is 3. The third-order valence-corrected chi connectivity index (χ3v) is 7.19. The number of benzene rings is 1. The Hall–Kier alpha value is -1.99. The number of halogens is 1. The van der Waals surface area contributed by atoms with Crippen molar-refractivity contribution in [2.75, 3.05) is 0 Å². The predicted octanol–water partition coefficient (Wildman–Crippen LogP) is 4.37. The number of fused-ring (bicyclic) bond motifs is 3. The van der Waals surface area contributed by atoms with Gasteiger partial charge in [-0.1, -0.05) is 34.1 Å². The van der Waals surface area contributed by atoms with Crippen LogP contribution in [0.25, 0.3) is 10.2 Å². The molecule has 1 aromatic carbocycles. The van der Waals surface area contributed by atoms with Crippen LogP contribution in [-0.4, -0.2) is 15.5 Å². The molecule has 0 spiro atoms. The van der Waals surface area contributed by atoms with E-state index in [1.165, 1.54) is 16.9 Å². The fourth-order valence-corrected chi connectivity index (χ4v) is 5.63. The summed E-state index contributed by atoms with van der Waals surface area (Å²) in [4.78, 5) is 32.0. The molecule has 1 aliphatic carbocycles. The van der Waals surface area contributed by atoms with Gasteiger partial charge in [0.25, 0.3) is 5.56 Å². The lowest BCUT2D eigenvalue weighted by molar-refractivity contribution is -0.121. The summed E-state index contributed by atoms with van der Waals surface area (Å²) in [6, 6.07) is 7.73. The Morgan fingerprint density at radius 2 is 2.11 bits per heavy atom. The van der Waals surface area contributed by atoms with E-state index in [1.807, 2.05) is 31.2 Å². The van der Waals surface area contributed by atoms with Gasteiger partial charge in [0.2, 0.25) is 5.91 Å². The molecule has 7 heteroatoms. The van der Waals surface area contributed by atoms with Gasteiger partial charge in [-0.3, -0.25) is 14.2 Å². The van der Waals surface area contributed by atoms with Crippen LogP contribution in [0.4, 0.5) is 0 Å². The zero-order valence-corrected chi connectivity index (χ0v) is 18.1. The molecule has 3 aromatic rings. The molecule has 4 rings (SSSR count). The highest BCUT2D eigenvalue weighted by Crippen LogP contribution is 2.33. The Kier molecular flexibility index (Phi) is 5.64. The highest BCUT2D eigenvalue weighted by Gasteiger charge is 2.20. The maximum atomic E-state index is 13.0. The molecule has 1 N–H and O–H groups in total. The molecule has 28 heavy (non-hydrogen) atoms. The van der Waals surface area contributed by atoms with Gasteiger partial charge in [0.1, 0.15) is 4.83 Å². The van der Waals surface area contributed by atoms with Crippen molar-refractivity contribution in [1.29, 1.82) is 0 Å². The van der Waals surface area contributed by atoms with Crippen LogP contribution in [0.15, 0.2) is 39.9 Å². The molecule has 146 valence electrons. The van der Waals surface area contributed by atoms with Crippen molar-refractivity contribution >= 4 is 43.4 Å². The highest BCUT2D eigenvalue weighted by molar-refractivity contribution is 9.10. The molecule has 5 nitrogen and oxygen atoms in total. The minimum atomic E-state index is -0.107. The zero-order chi connectivity index (χ0) is 19.7. The van der Waals surface area contributed by atoms with Crippen molar-refractivity contribution in [1.82, 2.24) is 14.9 Å². The van der Waals surface area contributed by atoms with Crippen molar-refractivity contribution in [3.63, 3.8) is 0 Å². The molecule has 1 aliphatic rings. The normalized spacial score (nSPS) is 14.6. The van der Waals surface area contributed by atoms with E-state index in [4.69, 9.17) is 0 Å². The van der Waals surface area contributed by atoms with Gasteiger partial charge in [-0.15, -0.1) is 11.3 Å². The largest absolute Gasteiger partial charge is 0.349 e. The summed E-state index contributed by atoms with van der Waals surface area (Å²) in [7, 11) is 0. The average molecular weight is 460 g/mol. The van der Waals surface area contributed by atoms with Gasteiger partial charge < -0.3 is 5.32 Å². The van der Waals surface area contributed by atoms with Gasteiger partial charge >= 0.3 is 0 Å². The first-order chi connectivity index (χ1) is 13.5. The molecule has 0 fully saturated rings. The van der Waals surface area contributed by atoms with Gasteiger partial charge in [0.15, 0.2) is 0 Å². The quantitative estimate of drug-likeness (QED) is 0.615. The van der Waals surface area contributed by atoms with Gasteiger partial charge in [-0.05, 0) is 49.8 Å². The summed E-state index contributed by atoms with van der Waals surface area (Å²) in [5, 5.41) is 3.77. The first kappa shape index (κ1) is 19.3. The first-order valence-corrected chi connectivity index (χ1v) is 11.2. The SMILES string of the molecule is C[C@@H](NC(=O)CCn1cnc2sc3c(c2c1=O)CCCC3)c1ccccc1Br. The fourth-order valence-electron chi connectivity index (χ4n) is 3.78. The van der Waals surface area contributed by atoms with E-state index in [1.54, 1.807) is 22.2 Å². The van der Waals surface area contributed by atoms with Crippen LogP contribution in [0.3, 0.4) is 0 Å². The van der Waals surface area contributed by atoms with E-state index in [2.05, 4.69) is 26.2 Å². The van der Waals surface area contributed by atoms with E-state index in [-0.39, 0.29) is 23.9 Å². The van der Waals surface area contributed by atoms with Crippen LogP contribution in [0.1, 0.15) is 48.2 Å². The third-order valence-electron chi connectivity index (χ3n) is 5.27. The molecular weight excluding hydrogens is 438 g/mol. The van der Waals surface area contributed by atoms with E-state index in [0.29, 0.717) is 6.54 Å². The molecule has 1 atom stereocenters. The number of hydrogen-bond acceptors (Lipinski definition) is 4. The Labute approximate surface area is 175 Å². The lowest BCUT2D eigenvalue weighted by Crippen LogP contribution is -2.29. The lowest BCUT2D eigenvalue weighted by Gasteiger charge is -2.16. The molecule has 2 aromatic heterocycles. The summed E-state index contributed by atoms with van der Waals surface area (Å²) in [6.07, 6.45) is 6.14. The van der Waals surface area contributed by atoms with E-state index in [9.17, 15) is 9.59 Å². The van der Waals surface area contributed by atoms with Crippen molar-refractivity contribution in [2.24, 2.45) is 0 Å². The summed E-state index contributed by atoms with van der Waals surface area (Å²) >= 11 is 5.16. The molecule has 0 radical (unpaired) electrons. The molecule has 0 saturated heterocycles. The monoisotopic (exact) mass is 459 g/mol. The molecule has 2 heterocycles. The van der Waals surface area contributed by atoms with E-state index < -0.39 is 0 Å². The van der Waals surface area contributed by atoms with E-state index >= 15 is 0 Å². The average Bonchev–Trinajstić information content (AvgIpc) is 3.07. The molecule has 1 amide bonds. The van der Waals surface area contributed by atoms with Crippen molar-refractivity contribution in [3.05, 3.63) is 61.4 Å². The number of amides is 1. The van der Waals surface area contributed by atoms with E-state index in [0.717, 1.165) is 39.5 Å². The molecule has 0 unspecified atom stereocenters. The molecule has 0 bridgehead atoms. The maximum absolute atomic E-state index is 13.0. The van der Waals surface area contributed by atoms with Crippen molar-refractivity contribution in [3.8, 4) is 0 Å². The van der Waals surface area contributed by atoms with Crippen molar-refractivity contribution < 1.29 is 4.79 Å². The van der Waals surface area contributed by atoms with Crippen molar-refractivity contribution in [2.45, 2.75) is 51.6 Å². The topological polar surface area (TPSA) is 64.0 Å². The number of nitrogens with one attached hydrogen (secondary N) is 1. The number of carbonyl (C=O) groups excluding carboxylic acids is 1. The number of rotatable bonds is 5. The van der Waals surface area contributed by atoms with Crippen LogP contribution < -0.4 is 10.9 Å². The number of thiophene rings is 1. The second-order valence-corrected chi connectivity index (χ2v) is 9.13. The Bertz CT molecular complexity index is 1090. The lowest BCUT2D eigenvalue weighted by atomic mass is 9.97. The Balaban J connectivity index is 1.47. The summed E-state index contributed by atoms with van der Waals surface area (Å²) < 4.78 is 2.54. The molecule has 0 aliphatic heterocycles. The Morgan fingerprint density at radius 3 is 2.93 bits per heavy atom. The second kappa shape index (κ2) is 8.17. The Morgan fingerprint density at radius 1 is 1.32 bits per heavy atom. The van der Waals surface area contributed by atoms with Gasteiger partial charge in [-0.25, -0.2) is 4.98 Å². The number of carbonyl (C=O) groups is 1. The second-order valence-electron chi connectivity index (χ2n) is 7.19. The highest BCUT2D eigenvalue weighted by atomic mass is 79.9.